The van der Waals surface area contributed by atoms with Gasteiger partial charge in [-0.3, -0.25) is 5.10 Å². The Morgan fingerprint density at radius 1 is 1.30 bits per heavy atom. The Morgan fingerprint density at radius 3 is 3.00 bits per heavy atom. The van der Waals surface area contributed by atoms with Gasteiger partial charge in [0.25, 0.3) is 0 Å². The van der Waals surface area contributed by atoms with E-state index in [9.17, 15) is 0 Å². The van der Waals surface area contributed by atoms with E-state index in [1.165, 1.54) is 24.0 Å². The molecule has 0 radical (unpaired) electrons. The smallest absolute Gasteiger partial charge is 0.0695 e. The zero-order chi connectivity index (χ0) is 13.6. The summed E-state index contributed by atoms with van der Waals surface area (Å²) in [5.41, 5.74) is 3.52. The molecule has 0 aliphatic carbocycles. The minimum Gasteiger partial charge on any atom is -0.381 e. The molecule has 2 heterocycles. The second-order valence-corrected chi connectivity index (χ2v) is 5.33. The van der Waals surface area contributed by atoms with E-state index in [4.69, 9.17) is 4.74 Å². The van der Waals surface area contributed by atoms with Crippen molar-refractivity contribution in [2.24, 2.45) is 5.92 Å². The molecule has 1 aromatic carbocycles. The highest BCUT2D eigenvalue weighted by atomic mass is 16.5. The maximum absolute atomic E-state index is 5.39. The van der Waals surface area contributed by atoms with Crippen molar-refractivity contribution in [2.75, 3.05) is 19.8 Å². The maximum atomic E-state index is 5.39. The molecule has 1 saturated heterocycles. The molecule has 1 aliphatic heterocycles. The summed E-state index contributed by atoms with van der Waals surface area (Å²) in [6.07, 6.45) is 4.31. The van der Waals surface area contributed by atoms with Gasteiger partial charge in [-0.2, -0.15) is 5.10 Å². The minimum atomic E-state index is 0.737. The van der Waals surface area contributed by atoms with Crippen molar-refractivity contribution in [1.82, 2.24) is 15.5 Å². The molecule has 1 atom stereocenters. The number of aromatic nitrogens is 2. The largest absolute Gasteiger partial charge is 0.381 e. The summed E-state index contributed by atoms with van der Waals surface area (Å²) in [6, 6.07) is 10.3. The number of H-pyrrole nitrogens is 1. The second kappa shape index (κ2) is 6.68. The molecule has 0 bridgehead atoms. The third-order valence-corrected chi connectivity index (χ3v) is 3.85. The lowest BCUT2D eigenvalue weighted by atomic mass is 10.1. The fourth-order valence-electron chi connectivity index (χ4n) is 2.64. The van der Waals surface area contributed by atoms with E-state index < -0.39 is 0 Å². The van der Waals surface area contributed by atoms with Crippen LogP contribution in [-0.2, 0) is 11.3 Å². The van der Waals surface area contributed by atoms with E-state index in [0.29, 0.717) is 0 Å². The molecule has 1 unspecified atom stereocenters. The molecule has 1 aromatic heterocycles. The molecule has 4 heteroatoms. The first-order chi connectivity index (χ1) is 9.93. The number of aromatic amines is 1. The number of hydrogen-bond acceptors (Lipinski definition) is 3. The fourth-order valence-corrected chi connectivity index (χ4v) is 2.64. The third kappa shape index (κ3) is 3.26. The average Bonchev–Trinajstić information content (AvgIpc) is 3.16. The van der Waals surface area contributed by atoms with Crippen molar-refractivity contribution in [3.63, 3.8) is 0 Å². The summed E-state index contributed by atoms with van der Waals surface area (Å²) in [6.45, 7) is 3.76. The van der Waals surface area contributed by atoms with E-state index in [2.05, 4.69) is 27.6 Å². The Bertz CT molecular complexity index is 518. The van der Waals surface area contributed by atoms with Crippen LogP contribution in [0.2, 0.25) is 0 Å². The highest BCUT2D eigenvalue weighted by molar-refractivity contribution is 5.62. The minimum absolute atomic E-state index is 0.737. The van der Waals surface area contributed by atoms with Gasteiger partial charge < -0.3 is 10.1 Å². The van der Waals surface area contributed by atoms with Gasteiger partial charge in [0.15, 0.2) is 0 Å². The molecule has 3 rings (SSSR count). The van der Waals surface area contributed by atoms with Crippen LogP contribution in [0.5, 0.6) is 0 Å². The van der Waals surface area contributed by atoms with Crippen LogP contribution in [0.3, 0.4) is 0 Å². The van der Waals surface area contributed by atoms with Crippen LogP contribution in [0.4, 0.5) is 0 Å². The first-order valence-electron chi connectivity index (χ1n) is 7.29. The summed E-state index contributed by atoms with van der Waals surface area (Å²) in [7, 11) is 0. The number of rotatable bonds is 6. The van der Waals surface area contributed by atoms with Crippen LogP contribution in [0.1, 0.15) is 18.4 Å². The van der Waals surface area contributed by atoms with E-state index in [1.54, 1.807) is 0 Å². The van der Waals surface area contributed by atoms with E-state index in [-0.39, 0.29) is 0 Å². The quantitative estimate of drug-likeness (QED) is 0.794. The van der Waals surface area contributed by atoms with Gasteiger partial charge in [0.1, 0.15) is 0 Å². The second-order valence-electron chi connectivity index (χ2n) is 5.33. The lowest BCUT2D eigenvalue weighted by Crippen LogP contribution is -2.18. The Labute approximate surface area is 119 Å². The number of nitrogens with zero attached hydrogens (tertiary/aromatic N) is 1. The standard InChI is InChI=1S/C16H21N3O/c1-2-4-14(5-3-1)16-15(11-18-19-16)10-17-8-6-13-7-9-20-12-13/h1-5,11,13,17H,6-10,12H2,(H,18,19). The van der Waals surface area contributed by atoms with Gasteiger partial charge in [-0.1, -0.05) is 30.3 Å². The van der Waals surface area contributed by atoms with Crippen LogP contribution in [0, 0.1) is 5.92 Å². The van der Waals surface area contributed by atoms with Gasteiger partial charge >= 0.3 is 0 Å². The first-order valence-corrected chi connectivity index (χ1v) is 7.29. The molecule has 0 spiro atoms. The van der Waals surface area contributed by atoms with Crippen LogP contribution >= 0.6 is 0 Å². The molecule has 2 N–H and O–H groups in total. The predicted molar refractivity (Wildman–Crippen MR) is 79.3 cm³/mol. The maximum Gasteiger partial charge on any atom is 0.0695 e. The zero-order valence-corrected chi connectivity index (χ0v) is 11.6. The number of nitrogens with one attached hydrogen (secondary N) is 2. The van der Waals surface area contributed by atoms with Crippen LogP contribution < -0.4 is 5.32 Å². The highest BCUT2D eigenvalue weighted by Gasteiger charge is 2.14. The van der Waals surface area contributed by atoms with Crippen molar-refractivity contribution in [2.45, 2.75) is 19.4 Å². The fraction of sp³-hybridized carbons (Fsp3) is 0.438. The molecule has 1 aliphatic rings. The van der Waals surface area contributed by atoms with Crippen LogP contribution in [0.15, 0.2) is 36.5 Å². The lowest BCUT2D eigenvalue weighted by molar-refractivity contribution is 0.184. The van der Waals surface area contributed by atoms with Gasteiger partial charge in [-0.05, 0) is 30.9 Å². The Kier molecular flexibility index (Phi) is 4.46. The Hall–Kier alpha value is -1.65. The summed E-state index contributed by atoms with van der Waals surface area (Å²) in [4.78, 5) is 0. The Balaban J connectivity index is 1.52. The number of ether oxygens (including phenoxy) is 1. The van der Waals surface area contributed by atoms with Gasteiger partial charge in [0, 0.05) is 25.3 Å². The molecule has 20 heavy (non-hydrogen) atoms. The summed E-state index contributed by atoms with van der Waals surface area (Å²) < 4.78 is 5.39. The normalized spacial score (nSPS) is 18.5. The predicted octanol–water partition coefficient (Wildman–Crippen LogP) is 2.59. The van der Waals surface area contributed by atoms with Crippen molar-refractivity contribution < 1.29 is 4.74 Å². The van der Waals surface area contributed by atoms with E-state index in [0.717, 1.165) is 37.9 Å². The molecule has 0 amide bonds. The van der Waals surface area contributed by atoms with Gasteiger partial charge in [0.05, 0.1) is 11.9 Å². The SMILES string of the molecule is c1ccc(-c2[nH]ncc2CNCCC2CCOC2)cc1. The summed E-state index contributed by atoms with van der Waals surface area (Å²) in [5, 5.41) is 10.8. The van der Waals surface area contributed by atoms with Crippen LogP contribution in [0.25, 0.3) is 11.3 Å². The third-order valence-electron chi connectivity index (χ3n) is 3.85. The molecule has 0 saturated carbocycles. The first kappa shape index (κ1) is 13.3. The van der Waals surface area contributed by atoms with E-state index in [1.807, 2.05) is 24.4 Å². The zero-order valence-electron chi connectivity index (χ0n) is 11.6. The molecular weight excluding hydrogens is 250 g/mol. The average molecular weight is 271 g/mol. The highest BCUT2D eigenvalue weighted by Crippen LogP contribution is 2.20. The molecule has 106 valence electrons. The summed E-state index contributed by atoms with van der Waals surface area (Å²) >= 11 is 0. The van der Waals surface area contributed by atoms with Crippen LogP contribution in [-0.4, -0.2) is 30.0 Å². The van der Waals surface area contributed by atoms with E-state index >= 15 is 0 Å². The van der Waals surface area contributed by atoms with Crippen molar-refractivity contribution in [3.8, 4) is 11.3 Å². The molecule has 2 aromatic rings. The topological polar surface area (TPSA) is 49.9 Å². The number of benzene rings is 1. The van der Waals surface area contributed by atoms with Gasteiger partial charge in [-0.15, -0.1) is 0 Å². The number of hydrogen-bond donors (Lipinski definition) is 2. The Morgan fingerprint density at radius 2 is 2.20 bits per heavy atom. The molecular formula is C16H21N3O. The summed E-state index contributed by atoms with van der Waals surface area (Å²) in [5.74, 6) is 0.737. The monoisotopic (exact) mass is 271 g/mol. The van der Waals surface area contributed by atoms with Crippen molar-refractivity contribution in [1.29, 1.82) is 0 Å². The van der Waals surface area contributed by atoms with Gasteiger partial charge in [-0.25, -0.2) is 0 Å². The molecule has 1 fully saturated rings. The van der Waals surface area contributed by atoms with Crippen molar-refractivity contribution in [3.05, 3.63) is 42.1 Å². The lowest BCUT2D eigenvalue weighted by Gasteiger charge is -2.09. The van der Waals surface area contributed by atoms with Gasteiger partial charge in [0.2, 0.25) is 0 Å². The molecule has 4 nitrogen and oxygen atoms in total. The van der Waals surface area contributed by atoms with Crippen molar-refractivity contribution >= 4 is 0 Å².